The third-order valence-corrected chi connectivity index (χ3v) is 4.44. The van der Waals surface area contributed by atoms with Crippen LogP contribution in [-0.4, -0.2) is 48.1 Å². The standard InChI is InChI=1S/C19H32N4/c1-6-19-20-17-9-8-16(14-18(17)21-19)23(7-2)13-12-22(5)11-10-15(3)4/h8-9,14-15H,6-7,10-13H2,1-5H3,(H,20,21). The van der Waals surface area contributed by atoms with E-state index in [1.165, 1.54) is 18.7 Å². The molecule has 0 unspecified atom stereocenters. The van der Waals surface area contributed by atoms with Crippen molar-refractivity contribution in [3.8, 4) is 0 Å². The van der Waals surface area contributed by atoms with Crippen molar-refractivity contribution in [2.24, 2.45) is 5.92 Å². The molecule has 0 spiro atoms. The van der Waals surface area contributed by atoms with Crippen LogP contribution in [0.5, 0.6) is 0 Å². The van der Waals surface area contributed by atoms with Crippen LogP contribution in [0.15, 0.2) is 18.2 Å². The Morgan fingerprint density at radius 2 is 1.91 bits per heavy atom. The molecular weight excluding hydrogens is 284 g/mol. The molecule has 0 aliphatic carbocycles. The van der Waals surface area contributed by atoms with Crippen LogP contribution in [0, 0.1) is 5.92 Å². The van der Waals surface area contributed by atoms with Crippen LogP contribution in [0.4, 0.5) is 5.69 Å². The summed E-state index contributed by atoms with van der Waals surface area (Å²) in [5.41, 5.74) is 3.49. The van der Waals surface area contributed by atoms with Gasteiger partial charge in [-0.25, -0.2) is 4.98 Å². The molecule has 0 radical (unpaired) electrons. The number of imidazole rings is 1. The molecule has 23 heavy (non-hydrogen) atoms. The van der Waals surface area contributed by atoms with Gasteiger partial charge in [-0.1, -0.05) is 20.8 Å². The number of benzene rings is 1. The summed E-state index contributed by atoms with van der Waals surface area (Å²) in [7, 11) is 2.22. The average Bonchev–Trinajstić information content (AvgIpc) is 2.96. The van der Waals surface area contributed by atoms with Crippen molar-refractivity contribution in [2.75, 3.05) is 38.1 Å². The molecule has 1 N–H and O–H groups in total. The number of anilines is 1. The van der Waals surface area contributed by atoms with Gasteiger partial charge in [0.1, 0.15) is 5.82 Å². The van der Waals surface area contributed by atoms with E-state index in [9.17, 15) is 0 Å². The first-order valence-corrected chi connectivity index (χ1v) is 8.95. The first-order valence-electron chi connectivity index (χ1n) is 8.95. The van der Waals surface area contributed by atoms with Crippen LogP contribution in [0.3, 0.4) is 0 Å². The van der Waals surface area contributed by atoms with Gasteiger partial charge < -0.3 is 14.8 Å². The van der Waals surface area contributed by atoms with Gasteiger partial charge in [0.25, 0.3) is 0 Å². The minimum Gasteiger partial charge on any atom is -0.370 e. The summed E-state index contributed by atoms with van der Waals surface area (Å²) in [5.74, 6) is 1.84. The van der Waals surface area contributed by atoms with Crippen LogP contribution in [0.25, 0.3) is 11.0 Å². The minimum absolute atomic E-state index is 0.773. The number of fused-ring (bicyclic) bond motifs is 1. The lowest BCUT2D eigenvalue weighted by Crippen LogP contribution is -2.34. The Balaban J connectivity index is 1.99. The van der Waals surface area contributed by atoms with Crippen molar-refractivity contribution in [2.45, 2.75) is 40.5 Å². The van der Waals surface area contributed by atoms with Gasteiger partial charge in [0.15, 0.2) is 0 Å². The predicted octanol–water partition coefficient (Wildman–Crippen LogP) is 3.93. The molecule has 0 saturated carbocycles. The number of rotatable bonds is 9. The van der Waals surface area contributed by atoms with Crippen molar-refractivity contribution in [1.29, 1.82) is 0 Å². The van der Waals surface area contributed by atoms with E-state index in [-0.39, 0.29) is 0 Å². The zero-order chi connectivity index (χ0) is 16.8. The average molecular weight is 316 g/mol. The fourth-order valence-corrected chi connectivity index (χ4v) is 2.77. The van der Waals surface area contributed by atoms with Gasteiger partial charge in [0.2, 0.25) is 0 Å². The van der Waals surface area contributed by atoms with Crippen molar-refractivity contribution in [3.05, 3.63) is 24.0 Å². The first kappa shape index (κ1) is 17.8. The summed E-state index contributed by atoms with van der Waals surface area (Å²) in [4.78, 5) is 12.9. The minimum atomic E-state index is 0.773. The van der Waals surface area contributed by atoms with Crippen LogP contribution in [0.2, 0.25) is 0 Å². The van der Waals surface area contributed by atoms with Crippen molar-refractivity contribution < 1.29 is 0 Å². The largest absolute Gasteiger partial charge is 0.370 e. The Hall–Kier alpha value is -1.55. The van der Waals surface area contributed by atoms with Crippen LogP contribution >= 0.6 is 0 Å². The topological polar surface area (TPSA) is 35.2 Å². The third-order valence-electron chi connectivity index (χ3n) is 4.44. The van der Waals surface area contributed by atoms with E-state index in [4.69, 9.17) is 0 Å². The second-order valence-electron chi connectivity index (χ2n) is 6.80. The van der Waals surface area contributed by atoms with E-state index in [1.807, 2.05) is 0 Å². The number of aromatic amines is 1. The second kappa shape index (κ2) is 8.34. The maximum Gasteiger partial charge on any atom is 0.106 e. The number of aryl methyl sites for hydroxylation is 1. The summed E-state index contributed by atoms with van der Waals surface area (Å²) in [6.45, 7) is 13.3. The molecule has 2 rings (SSSR count). The molecule has 0 fully saturated rings. The van der Waals surface area contributed by atoms with Crippen molar-refractivity contribution in [1.82, 2.24) is 14.9 Å². The zero-order valence-electron chi connectivity index (χ0n) is 15.4. The SMILES string of the molecule is CCc1nc2ccc(N(CC)CCN(C)CCC(C)C)cc2[nH]1. The predicted molar refractivity (Wildman–Crippen MR) is 100 cm³/mol. The summed E-state index contributed by atoms with van der Waals surface area (Å²) in [6, 6.07) is 6.56. The van der Waals surface area contributed by atoms with Crippen LogP contribution < -0.4 is 4.90 Å². The Bertz CT molecular complexity index is 602. The number of aromatic nitrogens is 2. The lowest BCUT2D eigenvalue weighted by atomic mass is 10.1. The fraction of sp³-hybridized carbons (Fsp3) is 0.632. The van der Waals surface area contributed by atoms with Crippen LogP contribution in [0.1, 0.15) is 39.9 Å². The number of likely N-dealkylation sites (N-methyl/N-ethyl adjacent to an activating group) is 2. The molecule has 0 saturated heterocycles. The quantitative estimate of drug-likeness (QED) is 0.761. The van der Waals surface area contributed by atoms with E-state index in [2.05, 4.69) is 72.7 Å². The zero-order valence-corrected chi connectivity index (χ0v) is 15.4. The van der Waals surface area contributed by atoms with E-state index < -0.39 is 0 Å². The highest BCUT2D eigenvalue weighted by Gasteiger charge is 2.09. The molecule has 0 aliphatic rings. The van der Waals surface area contributed by atoms with Gasteiger partial charge in [-0.3, -0.25) is 0 Å². The highest BCUT2D eigenvalue weighted by Crippen LogP contribution is 2.21. The molecule has 1 aromatic heterocycles. The van der Waals surface area contributed by atoms with Crippen LogP contribution in [-0.2, 0) is 6.42 Å². The maximum absolute atomic E-state index is 4.59. The number of nitrogens with one attached hydrogen (secondary N) is 1. The summed E-state index contributed by atoms with van der Waals surface area (Å²) in [5, 5.41) is 0. The van der Waals surface area contributed by atoms with Gasteiger partial charge in [0.05, 0.1) is 11.0 Å². The molecule has 0 bridgehead atoms. The molecule has 1 heterocycles. The van der Waals surface area contributed by atoms with E-state index >= 15 is 0 Å². The molecule has 1 aromatic carbocycles. The van der Waals surface area contributed by atoms with Gasteiger partial charge in [-0.05, 0) is 51.1 Å². The van der Waals surface area contributed by atoms with Gasteiger partial charge in [-0.2, -0.15) is 0 Å². The Morgan fingerprint density at radius 1 is 1.13 bits per heavy atom. The summed E-state index contributed by atoms with van der Waals surface area (Å²) in [6.07, 6.45) is 2.21. The smallest absolute Gasteiger partial charge is 0.106 e. The number of H-pyrrole nitrogens is 1. The fourth-order valence-electron chi connectivity index (χ4n) is 2.77. The molecule has 128 valence electrons. The summed E-state index contributed by atoms with van der Waals surface area (Å²) >= 11 is 0. The van der Waals surface area contributed by atoms with Crippen molar-refractivity contribution >= 4 is 16.7 Å². The molecule has 0 atom stereocenters. The first-order chi connectivity index (χ1) is 11.0. The normalized spacial score (nSPS) is 11.8. The number of hydrogen-bond donors (Lipinski definition) is 1. The molecule has 4 nitrogen and oxygen atoms in total. The molecule has 2 aromatic rings. The monoisotopic (exact) mass is 316 g/mol. The maximum atomic E-state index is 4.59. The Kier molecular flexibility index (Phi) is 6.46. The molecule has 0 amide bonds. The lowest BCUT2D eigenvalue weighted by Gasteiger charge is -2.26. The number of hydrogen-bond acceptors (Lipinski definition) is 3. The molecule has 4 heteroatoms. The number of nitrogens with zero attached hydrogens (tertiary/aromatic N) is 3. The highest BCUT2D eigenvalue weighted by molar-refractivity contribution is 5.79. The van der Waals surface area contributed by atoms with Gasteiger partial charge in [0, 0.05) is 31.7 Å². The molecular formula is C19H32N4. The van der Waals surface area contributed by atoms with E-state index in [0.29, 0.717) is 0 Å². The van der Waals surface area contributed by atoms with E-state index in [0.717, 1.165) is 48.8 Å². The highest BCUT2D eigenvalue weighted by atomic mass is 15.2. The second-order valence-corrected chi connectivity index (χ2v) is 6.80. The summed E-state index contributed by atoms with van der Waals surface area (Å²) < 4.78 is 0. The van der Waals surface area contributed by atoms with Gasteiger partial charge >= 0.3 is 0 Å². The van der Waals surface area contributed by atoms with Crippen molar-refractivity contribution in [3.63, 3.8) is 0 Å². The Morgan fingerprint density at radius 3 is 2.57 bits per heavy atom. The van der Waals surface area contributed by atoms with E-state index in [1.54, 1.807) is 0 Å². The lowest BCUT2D eigenvalue weighted by molar-refractivity contribution is 0.315. The Labute approximate surface area is 140 Å². The molecule has 0 aliphatic heterocycles. The third kappa shape index (κ3) is 4.96. The van der Waals surface area contributed by atoms with Gasteiger partial charge in [-0.15, -0.1) is 0 Å².